The maximum atomic E-state index is 11.4. The van der Waals surface area contributed by atoms with E-state index in [4.69, 9.17) is 5.73 Å². The van der Waals surface area contributed by atoms with E-state index in [9.17, 15) is 19.5 Å². The molecule has 2 N–H and O–H groups in total. The van der Waals surface area contributed by atoms with Crippen molar-refractivity contribution in [1.29, 1.82) is 0 Å². The molecule has 0 aromatic heterocycles. The second kappa shape index (κ2) is 16.8. The van der Waals surface area contributed by atoms with Crippen molar-refractivity contribution in [3.05, 3.63) is 12.2 Å². The fourth-order valence-corrected chi connectivity index (χ4v) is 1.82. The van der Waals surface area contributed by atoms with E-state index in [-0.39, 0.29) is 64.2 Å². The Morgan fingerprint density at radius 3 is 2.35 bits per heavy atom. The van der Waals surface area contributed by atoms with Crippen molar-refractivity contribution < 1.29 is 75.6 Å². The van der Waals surface area contributed by atoms with Gasteiger partial charge in [-0.25, -0.2) is 9.59 Å². The molecule has 6 nitrogen and oxygen atoms in total. The predicted octanol–water partition coefficient (Wildman–Crippen LogP) is -1.78. The van der Waals surface area contributed by atoms with E-state index in [1.807, 2.05) is 0 Å². The van der Waals surface area contributed by atoms with E-state index < -0.39 is 23.9 Å². The number of esters is 2. The summed E-state index contributed by atoms with van der Waals surface area (Å²) >= 11 is 0. The minimum atomic E-state index is -1.30. The van der Waals surface area contributed by atoms with Crippen LogP contribution < -0.4 is 62.2 Å². The van der Waals surface area contributed by atoms with Crippen molar-refractivity contribution in [2.45, 2.75) is 70.8 Å². The Bertz CT molecular complexity index is 385. The van der Waals surface area contributed by atoms with Crippen molar-refractivity contribution in [3.63, 3.8) is 0 Å². The number of hydrogen-bond acceptors (Lipinski definition) is 6. The average Bonchev–Trinajstić information content (AvgIpc) is 2.47. The molecular formula is C16H26KNO5. The normalized spacial score (nSPS) is 11.7. The van der Waals surface area contributed by atoms with Gasteiger partial charge >= 0.3 is 63.3 Å². The zero-order chi connectivity index (χ0) is 16.8. The minimum Gasteiger partial charge on any atom is -0.550 e. The van der Waals surface area contributed by atoms with Crippen LogP contribution in [0.5, 0.6) is 0 Å². The number of nitrogens with two attached hydrogens (primary N) is 1. The van der Waals surface area contributed by atoms with Gasteiger partial charge in [0.05, 0.1) is 0 Å². The van der Waals surface area contributed by atoms with Crippen LogP contribution in [0.2, 0.25) is 0 Å². The summed E-state index contributed by atoms with van der Waals surface area (Å²) in [5.74, 6) is -3.00. The molecule has 0 heterocycles. The van der Waals surface area contributed by atoms with Gasteiger partial charge in [0.25, 0.3) is 0 Å². The Kier molecular flexibility index (Phi) is 18.4. The number of carboxylic acids is 1. The number of carbonyl (C=O) groups excluding carboxylic acids is 3. The molecule has 7 heteroatoms. The second-order valence-corrected chi connectivity index (χ2v) is 5.22. The van der Waals surface area contributed by atoms with E-state index in [1.165, 1.54) is 31.8 Å². The second-order valence-electron chi connectivity index (χ2n) is 5.22. The molecule has 0 amide bonds. The maximum Gasteiger partial charge on any atom is 1.00 e. The number of ether oxygens (including phenoxy) is 1. The molecule has 0 bridgehead atoms. The number of unbranched alkanes of at least 4 members (excludes halogenated alkanes) is 6. The summed E-state index contributed by atoms with van der Waals surface area (Å²) in [6, 6.07) is -1.13. The van der Waals surface area contributed by atoms with E-state index in [2.05, 4.69) is 11.7 Å². The fourth-order valence-electron chi connectivity index (χ4n) is 1.82. The zero-order valence-electron chi connectivity index (χ0n) is 14.2. The van der Waals surface area contributed by atoms with Crippen LogP contribution in [-0.4, -0.2) is 23.9 Å². The van der Waals surface area contributed by atoms with Crippen molar-refractivity contribution in [1.82, 2.24) is 0 Å². The molecule has 0 spiro atoms. The topological polar surface area (TPSA) is 110 Å². The van der Waals surface area contributed by atoms with Crippen molar-refractivity contribution in [2.75, 3.05) is 0 Å². The minimum absolute atomic E-state index is 0. The van der Waals surface area contributed by atoms with Crippen LogP contribution in [-0.2, 0) is 19.1 Å². The van der Waals surface area contributed by atoms with Gasteiger partial charge in [0, 0.05) is 12.0 Å². The Balaban J connectivity index is 0. The van der Waals surface area contributed by atoms with Gasteiger partial charge in [0.1, 0.15) is 6.04 Å². The number of rotatable bonds is 12. The number of carboxylic acid groups (broad SMARTS) is 1. The smallest absolute Gasteiger partial charge is 0.550 e. The van der Waals surface area contributed by atoms with Crippen molar-refractivity contribution in [3.8, 4) is 0 Å². The Hall–Kier alpha value is -0.0536. The maximum absolute atomic E-state index is 11.4. The molecule has 0 aromatic carbocycles. The monoisotopic (exact) mass is 351 g/mol. The molecule has 126 valence electrons. The number of allylic oxidation sites excluding steroid dienone is 1. The quantitative estimate of drug-likeness (QED) is 0.146. The first-order valence-corrected chi connectivity index (χ1v) is 7.85. The third kappa shape index (κ3) is 16.6. The van der Waals surface area contributed by atoms with Crippen LogP contribution in [0.15, 0.2) is 12.2 Å². The van der Waals surface area contributed by atoms with Gasteiger partial charge in [0.15, 0.2) is 0 Å². The molecule has 0 aliphatic carbocycles. The fraction of sp³-hybridized carbons (Fsp3) is 0.688. The van der Waals surface area contributed by atoms with E-state index in [0.717, 1.165) is 19.3 Å². The van der Waals surface area contributed by atoms with Gasteiger partial charge < -0.3 is 20.4 Å². The van der Waals surface area contributed by atoms with Gasteiger partial charge in [-0.1, -0.05) is 45.1 Å². The Morgan fingerprint density at radius 1 is 1.13 bits per heavy atom. The standard InChI is InChI=1S/C16H27NO5.K/c1-2-3-4-5-6-7-8-9-10-15(20)22-16(21)13(17)11-12-14(18)19;/h9-10,13H,2-8,11-12,17H2,1H3,(H,18,19);/q;+1/p-1. The van der Waals surface area contributed by atoms with Crippen LogP contribution in [0.25, 0.3) is 0 Å². The van der Waals surface area contributed by atoms with Gasteiger partial charge in [-0.05, 0) is 25.7 Å². The van der Waals surface area contributed by atoms with E-state index >= 15 is 0 Å². The SMILES string of the molecule is CCCCCCCCC=CC(=O)OC(=O)C(N)CCC(=O)[O-].[K+]. The molecular weight excluding hydrogens is 325 g/mol. The average molecular weight is 351 g/mol. The van der Waals surface area contributed by atoms with Gasteiger partial charge in [-0.2, -0.15) is 0 Å². The summed E-state index contributed by atoms with van der Waals surface area (Å²) < 4.78 is 4.50. The zero-order valence-corrected chi connectivity index (χ0v) is 17.3. The molecule has 0 aliphatic heterocycles. The number of aliphatic carboxylic acids is 1. The first-order valence-electron chi connectivity index (χ1n) is 7.85. The molecule has 0 saturated heterocycles. The van der Waals surface area contributed by atoms with E-state index in [0.29, 0.717) is 0 Å². The summed E-state index contributed by atoms with van der Waals surface area (Å²) in [7, 11) is 0. The Morgan fingerprint density at radius 2 is 1.74 bits per heavy atom. The van der Waals surface area contributed by atoms with Gasteiger partial charge in [-0.3, -0.25) is 0 Å². The van der Waals surface area contributed by atoms with Crippen LogP contribution in [0.1, 0.15) is 64.7 Å². The van der Waals surface area contributed by atoms with Crippen LogP contribution in [0.3, 0.4) is 0 Å². The summed E-state index contributed by atoms with van der Waals surface area (Å²) in [6.45, 7) is 2.17. The first-order chi connectivity index (χ1) is 10.5. The van der Waals surface area contributed by atoms with Gasteiger partial charge in [0.2, 0.25) is 0 Å². The number of hydrogen-bond donors (Lipinski definition) is 1. The van der Waals surface area contributed by atoms with Crippen LogP contribution in [0, 0.1) is 0 Å². The first kappa shape index (κ1) is 25.2. The van der Waals surface area contributed by atoms with Crippen molar-refractivity contribution in [2.24, 2.45) is 5.73 Å². The van der Waals surface area contributed by atoms with E-state index in [1.54, 1.807) is 6.08 Å². The molecule has 0 saturated carbocycles. The summed E-state index contributed by atoms with van der Waals surface area (Å²) in [5.41, 5.74) is 5.41. The largest absolute Gasteiger partial charge is 1.00 e. The molecule has 0 radical (unpaired) electrons. The van der Waals surface area contributed by atoms with Crippen LogP contribution >= 0.6 is 0 Å². The molecule has 1 unspecified atom stereocenters. The third-order valence-electron chi connectivity index (χ3n) is 3.14. The third-order valence-corrected chi connectivity index (χ3v) is 3.14. The summed E-state index contributed by atoms with van der Waals surface area (Å²) in [4.78, 5) is 33.0. The van der Waals surface area contributed by atoms with Crippen LogP contribution in [0.4, 0.5) is 0 Å². The summed E-state index contributed by atoms with van der Waals surface area (Å²) in [5, 5.41) is 10.2. The molecule has 23 heavy (non-hydrogen) atoms. The molecule has 0 aliphatic rings. The molecule has 0 fully saturated rings. The number of carbonyl (C=O) groups is 3. The predicted molar refractivity (Wildman–Crippen MR) is 80.4 cm³/mol. The van der Waals surface area contributed by atoms with Gasteiger partial charge in [-0.15, -0.1) is 0 Å². The molecule has 0 rings (SSSR count). The summed E-state index contributed by atoms with van der Waals surface area (Å²) in [6.07, 6.45) is 10.2. The molecule has 0 aromatic rings. The van der Waals surface area contributed by atoms with Crippen molar-refractivity contribution >= 4 is 17.9 Å². The molecule has 1 atom stereocenters. The Labute approximate surface area is 180 Å².